The Hall–Kier alpha value is -3.10. The number of anilines is 3. The molecule has 0 aliphatic carbocycles. The zero-order chi connectivity index (χ0) is 22.6. The minimum atomic E-state index is -3.84. The van der Waals surface area contributed by atoms with Crippen molar-refractivity contribution in [1.29, 1.82) is 0 Å². The van der Waals surface area contributed by atoms with E-state index in [-0.39, 0.29) is 17.2 Å². The van der Waals surface area contributed by atoms with E-state index in [4.69, 9.17) is 11.6 Å². The molecule has 31 heavy (non-hydrogen) atoms. The topological polar surface area (TPSA) is 78.5 Å². The summed E-state index contributed by atoms with van der Waals surface area (Å²) < 4.78 is 40.2. The first-order valence-electron chi connectivity index (χ1n) is 9.29. The van der Waals surface area contributed by atoms with Crippen LogP contribution in [0, 0.1) is 5.82 Å². The minimum absolute atomic E-state index is 0.0458. The molecule has 0 atom stereocenters. The number of rotatable bonds is 7. The summed E-state index contributed by atoms with van der Waals surface area (Å²) in [5, 5.41) is 3.38. The predicted molar refractivity (Wildman–Crippen MR) is 122 cm³/mol. The molecule has 0 unspecified atom stereocenters. The molecule has 3 aromatic carbocycles. The van der Waals surface area contributed by atoms with E-state index < -0.39 is 15.8 Å². The van der Waals surface area contributed by atoms with E-state index in [2.05, 4.69) is 10.0 Å². The summed E-state index contributed by atoms with van der Waals surface area (Å²) in [6, 6.07) is 16.3. The van der Waals surface area contributed by atoms with Gasteiger partial charge in [0, 0.05) is 19.8 Å². The third-order valence-corrected chi connectivity index (χ3v) is 6.11. The summed E-state index contributed by atoms with van der Waals surface area (Å²) in [7, 11) is -0.165. The summed E-state index contributed by atoms with van der Waals surface area (Å²) in [4.78, 5) is 14.3. The number of para-hydroxylation sites is 1. The van der Waals surface area contributed by atoms with Crippen LogP contribution in [0.5, 0.6) is 0 Å². The second-order valence-electron chi connectivity index (χ2n) is 7.01. The lowest BCUT2D eigenvalue weighted by Crippen LogP contribution is -2.18. The number of halogens is 2. The number of carbonyl (C=O) groups is 1. The largest absolute Gasteiger partial charge is 0.375 e. The highest BCUT2D eigenvalue weighted by Crippen LogP contribution is 2.32. The van der Waals surface area contributed by atoms with E-state index in [1.165, 1.54) is 12.1 Å². The number of hydrogen-bond acceptors (Lipinski definition) is 4. The third-order valence-electron chi connectivity index (χ3n) is 4.40. The Balaban J connectivity index is 1.66. The average Bonchev–Trinajstić information content (AvgIpc) is 2.69. The number of hydrogen-bond donors (Lipinski definition) is 2. The van der Waals surface area contributed by atoms with E-state index in [1.54, 1.807) is 42.5 Å². The number of nitrogens with zero attached hydrogens (tertiary/aromatic N) is 1. The fraction of sp³-hybridized carbons (Fsp3) is 0.136. The maximum atomic E-state index is 13.0. The highest BCUT2D eigenvalue weighted by molar-refractivity contribution is 7.92. The van der Waals surface area contributed by atoms with E-state index in [1.807, 2.05) is 19.0 Å². The van der Waals surface area contributed by atoms with Gasteiger partial charge in [-0.15, -0.1) is 0 Å². The summed E-state index contributed by atoms with van der Waals surface area (Å²) in [6.45, 7) is 0. The van der Waals surface area contributed by atoms with Crippen LogP contribution in [0.25, 0.3) is 0 Å². The molecule has 0 aliphatic rings. The zero-order valence-corrected chi connectivity index (χ0v) is 18.5. The molecule has 9 heteroatoms. The van der Waals surface area contributed by atoms with Gasteiger partial charge in [-0.05, 0) is 54.1 Å². The maximum Gasteiger partial charge on any atom is 0.261 e. The predicted octanol–water partition coefficient (Wildman–Crippen LogP) is 4.53. The normalized spacial score (nSPS) is 11.1. The second-order valence-corrected chi connectivity index (χ2v) is 9.10. The molecule has 0 spiro atoms. The first-order valence-corrected chi connectivity index (χ1v) is 11.1. The van der Waals surface area contributed by atoms with Gasteiger partial charge in [0.25, 0.3) is 10.0 Å². The second kappa shape index (κ2) is 9.36. The van der Waals surface area contributed by atoms with Gasteiger partial charge < -0.3 is 10.2 Å². The monoisotopic (exact) mass is 461 g/mol. The number of nitrogens with one attached hydrogen (secondary N) is 2. The molecule has 0 bridgehead atoms. The van der Waals surface area contributed by atoms with Crippen LogP contribution in [0.1, 0.15) is 5.56 Å². The van der Waals surface area contributed by atoms with Crippen LogP contribution in [0.4, 0.5) is 21.5 Å². The summed E-state index contributed by atoms with van der Waals surface area (Å²) in [5.41, 5.74) is 2.35. The van der Waals surface area contributed by atoms with E-state index >= 15 is 0 Å². The van der Waals surface area contributed by atoms with Crippen LogP contribution in [0.3, 0.4) is 0 Å². The number of amides is 1. The van der Waals surface area contributed by atoms with Crippen LogP contribution >= 0.6 is 11.6 Å². The van der Waals surface area contributed by atoms with E-state index in [9.17, 15) is 17.6 Å². The lowest BCUT2D eigenvalue weighted by molar-refractivity contribution is -0.115. The Labute approximate surface area is 185 Å². The molecule has 0 radical (unpaired) electrons. The standard InChI is InChI=1S/C22H21ClFN3O3S/c1-27(2)22-19(23)4-3-5-20(22)25-21(28)14-15-6-10-17(11-7-15)26-31(29,30)18-12-8-16(24)9-13-18/h3-13,26H,14H2,1-2H3,(H,25,28). The van der Waals surface area contributed by atoms with Crippen molar-refractivity contribution in [3.63, 3.8) is 0 Å². The van der Waals surface area contributed by atoms with Gasteiger partial charge in [0.2, 0.25) is 5.91 Å². The Morgan fingerprint density at radius 2 is 1.65 bits per heavy atom. The molecule has 2 N–H and O–H groups in total. The van der Waals surface area contributed by atoms with Gasteiger partial charge in [-0.1, -0.05) is 29.8 Å². The van der Waals surface area contributed by atoms with Crippen molar-refractivity contribution >= 4 is 44.6 Å². The van der Waals surface area contributed by atoms with Gasteiger partial charge in [-0.2, -0.15) is 0 Å². The van der Waals surface area contributed by atoms with Crippen molar-refractivity contribution < 1.29 is 17.6 Å². The van der Waals surface area contributed by atoms with E-state index in [0.29, 0.717) is 27.6 Å². The van der Waals surface area contributed by atoms with Crippen molar-refractivity contribution in [2.75, 3.05) is 29.0 Å². The molecular weight excluding hydrogens is 441 g/mol. The van der Waals surface area contributed by atoms with Crippen molar-refractivity contribution in [1.82, 2.24) is 0 Å². The maximum absolute atomic E-state index is 13.0. The van der Waals surface area contributed by atoms with Gasteiger partial charge in [0.15, 0.2) is 0 Å². The molecule has 162 valence electrons. The van der Waals surface area contributed by atoms with Crippen LogP contribution in [0.2, 0.25) is 5.02 Å². The molecule has 0 heterocycles. The van der Waals surface area contributed by atoms with Gasteiger partial charge in [-0.25, -0.2) is 12.8 Å². The Morgan fingerprint density at radius 3 is 2.26 bits per heavy atom. The summed E-state index contributed by atoms with van der Waals surface area (Å²) in [5.74, 6) is -0.748. The van der Waals surface area contributed by atoms with Crippen molar-refractivity contribution in [3.8, 4) is 0 Å². The lowest BCUT2D eigenvalue weighted by Gasteiger charge is -2.19. The van der Waals surface area contributed by atoms with Gasteiger partial charge in [-0.3, -0.25) is 9.52 Å². The first kappa shape index (κ1) is 22.6. The quantitative estimate of drug-likeness (QED) is 0.542. The molecule has 1 amide bonds. The third kappa shape index (κ3) is 5.74. The smallest absolute Gasteiger partial charge is 0.261 e. The zero-order valence-electron chi connectivity index (χ0n) is 16.9. The molecule has 0 aliphatic heterocycles. The summed E-state index contributed by atoms with van der Waals surface area (Å²) >= 11 is 6.22. The molecule has 3 rings (SSSR count). The molecule has 3 aromatic rings. The van der Waals surface area contributed by atoms with Gasteiger partial charge >= 0.3 is 0 Å². The average molecular weight is 462 g/mol. The highest BCUT2D eigenvalue weighted by atomic mass is 35.5. The summed E-state index contributed by atoms with van der Waals surface area (Å²) in [6.07, 6.45) is 0.102. The fourth-order valence-electron chi connectivity index (χ4n) is 2.97. The van der Waals surface area contributed by atoms with Gasteiger partial charge in [0.1, 0.15) is 5.82 Å². The molecule has 0 fully saturated rings. The SMILES string of the molecule is CN(C)c1c(Cl)cccc1NC(=O)Cc1ccc(NS(=O)(=O)c2ccc(F)cc2)cc1. The van der Waals surface area contributed by atoms with E-state index in [0.717, 1.165) is 12.1 Å². The highest BCUT2D eigenvalue weighted by Gasteiger charge is 2.15. The first-order chi connectivity index (χ1) is 14.7. The van der Waals surface area contributed by atoms with Gasteiger partial charge in [0.05, 0.1) is 27.7 Å². The molecule has 6 nitrogen and oxygen atoms in total. The van der Waals surface area contributed by atoms with Crippen LogP contribution in [-0.2, 0) is 21.2 Å². The molecule has 0 aromatic heterocycles. The number of benzene rings is 3. The van der Waals surface area contributed by atoms with Crippen molar-refractivity contribution in [3.05, 3.63) is 83.1 Å². The lowest BCUT2D eigenvalue weighted by atomic mass is 10.1. The van der Waals surface area contributed by atoms with Crippen LogP contribution in [-0.4, -0.2) is 28.4 Å². The molecular formula is C22H21ClFN3O3S. The Bertz CT molecular complexity index is 1180. The molecule has 0 saturated carbocycles. The molecule has 0 saturated heterocycles. The Kier molecular flexibility index (Phi) is 6.82. The number of carbonyl (C=O) groups excluding carboxylic acids is 1. The van der Waals surface area contributed by atoms with Crippen LogP contribution < -0.4 is 14.9 Å². The van der Waals surface area contributed by atoms with Crippen molar-refractivity contribution in [2.24, 2.45) is 0 Å². The Morgan fingerprint density at radius 1 is 1.00 bits per heavy atom. The van der Waals surface area contributed by atoms with Crippen molar-refractivity contribution in [2.45, 2.75) is 11.3 Å². The minimum Gasteiger partial charge on any atom is -0.375 e. The van der Waals surface area contributed by atoms with Crippen LogP contribution in [0.15, 0.2) is 71.6 Å². The fourth-order valence-corrected chi connectivity index (χ4v) is 4.37. The number of sulfonamides is 1.